The lowest BCUT2D eigenvalue weighted by Crippen LogP contribution is -2.09. The average molecular weight is 219 g/mol. The zero-order valence-corrected chi connectivity index (χ0v) is 8.48. The zero-order valence-electron chi connectivity index (χ0n) is 8.48. The van der Waals surface area contributed by atoms with Gasteiger partial charge >= 0.3 is 6.18 Å². The molecule has 0 unspecified atom stereocenters. The van der Waals surface area contributed by atoms with E-state index in [1.165, 1.54) is 7.11 Å². The Morgan fingerprint density at radius 1 is 1.33 bits per heavy atom. The Hall–Kier alpha value is -1.23. The van der Waals surface area contributed by atoms with Gasteiger partial charge in [0.15, 0.2) is 0 Å². The van der Waals surface area contributed by atoms with Crippen LogP contribution in [0.3, 0.4) is 0 Å². The molecule has 2 nitrogen and oxygen atoms in total. The molecule has 0 radical (unpaired) electrons. The Bertz CT molecular complexity index is 360. The second-order valence-corrected chi connectivity index (χ2v) is 3.19. The van der Waals surface area contributed by atoms with Crippen LogP contribution in [-0.2, 0) is 12.7 Å². The van der Waals surface area contributed by atoms with Gasteiger partial charge in [-0.05, 0) is 24.6 Å². The third-order valence-corrected chi connectivity index (χ3v) is 2.10. The summed E-state index contributed by atoms with van der Waals surface area (Å²) in [6.45, 7) is 1.58. The molecule has 0 heterocycles. The van der Waals surface area contributed by atoms with Gasteiger partial charge in [0.2, 0.25) is 0 Å². The lowest BCUT2D eigenvalue weighted by Gasteiger charge is -2.14. The molecule has 84 valence electrons. The van der Waals surface area contributed by atoms with Crippen LogP contribution < -0.4 is 10.5 Å². The Morgan fingerprint density at radius 3 is 2.33 bits per heavy atom. The molecule has 1 rings (SSSR count). The molecular weight excluding hydrogens is 207 g/mol. The van der Waals surface area contributed by atoms with Crippen LogP contribution in [0.1, 0.15) is 16.7 Å². The number of halogens is 3. The molecule has 1 aromatic rings. The highest BCUT2D eigenvalue weighted by atomic mass is 19.4. The van der Waals surface area contributed by atoms with Gasteiger partial charge in [-0.2, -0.15) is 13.2 Å². The normalized spacial score (nSPS) is 11.6. The zero-order chi connectivity index (χ0) is 11.6. The summed E-state index contributed by atoms with van der Waals surface area (Å²) in [4.78, 5) is 0. The quantitative estimate of drug-likeness (QED) is 0.829. The van der Waals surface area contributed by atoms with E-state index in [4.69, 9.17) is 10.5 Å². The smallest absolute Gasteiger partial charge is 0.416 e. The van der Waals surface area contributed by atoms with E-state index >= 15 is 0 Å². The lowest BCUT2D eigenvalue weighted by molar-refractivity contribution is -0.137. The molecule has 0 saturated heterocycles. The van der Waals surface area contributed by atoms with E-state index in [0.29, 0.717) is 16.9 Å². The molecule has 0 spiro atoms. The number of aryl methyl sites for hydroxylation is 1. The number of methoxy groups -OCH3 is 1. The summed E-state index contributed by atoms with van der Waals surface area (Å²) in [5, 5.41) is 0. The lowest BCUT2D eigenvalue weighted by atomic mass is 10.0. The summed E-state index contributed by atoms with van der Waals surface area (Å²) in [5.74, 6) is 0.422. The molecule has 0 aliphatic heterocycles. The van der Waals surface area contributed by atoms with Gasteiger partial charge in [-0.15, -0.1) is 0 Å². The highest BCUT2D eigenvalue weighted by Crippen LogP contribution is 2.34. The summed E-state index contributed by atoms with van der Waals surface area (Å²) in [5.41, 5.74) is 5.47. The molecule has 0 aromatic heterocycles. The van der Waals surface area contributed by atoms with Gasteiger partial charge in [-0.3, -0.25) is 0 Å². The van der Waals surface area contributed by atoms with E-state index < -0.39 is 11.7 Å². The van der Waals surface area contributed by atoms with Crippen molar-refractivity contribution in [1.29, 1.82) is 0 Å². The first-order valence-corrected chi connectivity index (χ1v) is 4.35. The van der Waals surface area contributed by atoms with Crippen molar-refractivity contribution in [2.75, 3.05) is 7.11 Å². The molecule has 15 heavy (non-hydrogen) atoms. The highest BCUT2D eigenvalue weighted by Gasteiger charge is 2.31. The molecule has 0 atom stereocenters. The van der Waals surface area contributed by atoms with Gasteiger partial charge in [0, 0.05) is 12.1 Å². The maximum atomic E-state index is 12.4. The van der Waals surface area contributed by atoms with Crippen LogP contribution in [0.2, 0.25) is 0 Å². The molecule has 0 bridgehead atoms. The predicted octanol–water partition coefficient (Wildman–Crippen LogP) is 2.48. The van der Waals surface area contributed by atoms with Crippen LogP contribution >= 0.6 is 0 Å². The summed E-state index contributed by atoms with van der Waals surface area (Å²) in [7, 11) is 1.41. The number of ether oxygens (including phenoxy) is 1. The Labute approximate surface area is 85.8 Å². The third kappa shape index (κ3) is 2.41. The standard InChI is InChI=1S/C10H12F3NO/c1-6-3-8(10(11,12)13)4-7(5-14)9(6)15-2/h3-4H,5,14H2,1-2H3. The summed E-state index contributed by atoms with van der Waals surface area (Å²) in [6.07, 6.45) is -4.35. The van der Waals surface area contributed by atoms with E-state index in [2.05, 4.69) is 0 Å². The van der Waals surface area contributed by atoms with E-state index in [9.17, 15) is 13.2 Å². The molecule has 0 aliphatic rings. The molecule has 5 heteroatoms. The van der Waals surface area contributed by atoms with Crippen molar-refractivity contribution in [2.45, 2.75) is 19.6 Å². The van der Waals surface area contributed by atoms with Crippen molar-refractivity contribution in [2.24, 2.45) is 5.73 Å². The summed E-state index contributed by atoms with van der Waals surface area (Å²) in [6, 6.07) is 2.07. The third-order valence-electron chi connectivity index (χ3n) is 2.10. The molecule has 0 fully saturated rings. The first kappa shape index (κ1) is 11.8. The average Bonchev–Trinajstić information content (AvgIpc) is 2.15. The van der Waals surface area contributed by atoms with Crippen LogP contribution in [-0.4, -0.2) is 7.11 Å². The van der Waals surface area contributed by atoms with Gasteiger partial charge in [-0.25, -0.2) is 0 Å². The van der Waals surface area contributed by atoms with Crippen molar-refractivity contribution >= 4 is 0 Å². The van der Waals surface area contributed by atoms with Crippen molar-refractivity contribution in [3.63, 3.8) is 0 Å². The first-order valence-electron chi connectivity index (χ1n) is 4.35. The molecular formula is C10H12F3NO. The molecule has 2 N–H and O–H groups in total. The number of nitrogens with two attached hydrogens (primary N) is 1. The second kappa shape index (κ2) is 4.10. The van der Waals surface area contributed by atoms with Crippen molar-refractivity contribution in [1.82, 2.24) is 0 Å². The number of benzene rings is 1. The number of hydrogen-bond donors (Lipinski definition) is 1. The minimum absolute atomic E-state index is 0.0218. The fourth-order valence-electron chi connectivity index (χ4n) is 1.45. The van der Waals surface area contributed by atoms with Crippen LogP contribution in [0, 0.1) is 6.92 Å². The Kier molecular flexibility index (Phi) is 3.24. The summed E-state index contributed by atoms with van der Waals surface area (Å²) < 4.78 is 42.3. The summed E-state index contributed by atoms with van der Waals surface area (Å²) >= 11 is 0. The SMILES string of the molecule is COc1c(C)cc(C(F)(F)F)cc1CN. The minimum Gasteiger partial charge on any atom is -0.496 e. The van der Waals surface area contributed by atoms with Crippen LogP contribution in [0.4, 0.5) is 13.2 Å². The molecule has 0 saturated carbocycles. The van der Waals surface area contributed by atoms with Crippen LogP contribution in [0.5, 0.6) is 5.75 Å². The van der Waals surface area contributed by atoms with Gasteiger partial charge in [0.25, 0.3) is 0 Å². The number of rotatable bonds is 2. The highest BCUT2D eigenvalue weighted by molar-refractivity contribution is 5.44. The van der Waals surface area contributed by atoms with Crippen LogP contribution in [0.15, 0.2) is 12.1 Å². The fraction of sp³-hybridized carbons (Fsp3) is 0.400. The van der Waals surface area contributed by atoms with E-state index in [0.717, 1.165) is 12.1 Å². The minimum atomic E-state index is -4.35. The van der Waals surface area contributed by atoms with E-state index in [1.54, 1.807) is 6.92 Å². The van der Waals surface area contributed by atoms with Crippen molar-refractivity contribution in [3.8, 4) is 5.75 Å². The Morgan fingerprint density at radius 2 is 1.93 bits per heavy atom. The second-order valence-electron chi connectivity index (χ2n) is 3.19. The largest absolute Gasteiger partial charge is 0.496 e. The van der Waals surface area contributed by atoms with Gasteiger partial charge in [0.05, 0.1) is 12.7 Å². The van der Waals surface area contributed by atoms with Gasteiger partial charge in [0.1, 0.15) is 5.75 Å². The van der Waals surface area contributed by atoms with Crippen LogP contribution in [0.25, 0.3) is 0 Å². The number of alkyl halides is 3. The van der Waals surface area contributed by atoms with Gasteiger partial charge < -0.3 is 10.5 Å². The van der Waals surface area contributed by atoms with Crippen molar-refractivity contribution < 1.29 is 17.9 Å². The Balaban J connectivity index is 3.32. The fourth-order valence-corrected chi connectivity index (χ4v) is 1.45. The topological polar surface area (TPSA) is 35.2 Å². The first-order chi connectivity index (χ1) is 6.90. The maximum Gasteiger partial charge on any atom is 0.416 e. The van der Waals surface area contributed by atoms with E-state index in [1.807, 2.05) is 0 Å². The monoisotopic (exact) mass is 219 g/mol. The maximum absolute atomic E-state index is 12.4. The molecule has 0 amide bonds. The molecule has 0 aliphatic carbocycles. The molecule has 1 aromatic carbocycles. The van der Waals surface area contributed by atoms with Gasteiger partial charge in [-0.1, -0.05) is 0 Å². The van der Waals surface area contributed by atoms with E-state index in [-0.39, 0.29) is 6.54 Å². The number of hydrogen-bond acceptors (Lipinski definition) is 2. The predicted molar refractivity (Wildman–Crippen MR) is 50.6 cm³/mol. The van der Waals surface area contributed by atoms with Crippen molar-refractivity contribution in [3.05, 3.63) is 28.8 Å².